The van der Waals surface area contributed by atoms with E-state index in [0.717, 1.165) is 22.3 Å². The van der Waals surface area contributed by atoms with Crippen LogP contribution in [0.2, 0.25) is 0 Å². The van der Waals surface area contributed by atoms with Crippen LogP contribution in [0.25, 0.3) is 0 Å². The average Bonchev–Trinajstić information content (AvgIpc) is 2.92. The van der Waals surface area contributed by atoms with Crippen molar-refractivity contribution in [2.24, 2.45) is 0 Å². The van der Waals surface area contributed by atoms with E-state index in [1.165, 1.54) is 5.56 Å². The summed E-state index contributed by atoms with van der Waals surface area (Å²) in [6.45, 7) is 5.58. The Kier molecular flexibility index (Phi) is 13.5. The van der Waals surface area contributed by atoms with Crippen LogP contribution >= 0.6 is 0 Å². The Morgan fingerprint density at radius 3 is 1.72 bits per heavy atom. The summed E-state index contributed by atoms with van der Waals surface area (Å²) in [6, 6.07) is 34.0. The molecule has 0 spiro atoms. The summed E-state index contributed by atoms with van der Waals surface area (Å²) in [5.74, 6) is 0. The Balaban J connectivity index is 0.00000267. The van der Waals surface area contributed by atoms with E-state index in [1.54, 1.807) is 12.1 Å². The van der Waals surface area contributed by atoms with Gasteiger partial charge < -0.3 is 10.1 Å². The van der Waals surface area contributed by atoms with Crippen LogP contribution in [-0.4, -0.2) is 21.6 Å². The molecule has 0 amide bonds. The Morgan fingerprint density at radius 1 is 0.692 bits per heavy atom. The Labute approximate surface area is 251 Å². The van der Waals surface area contributed by atoms with Gasteiger partial charge >= 0.3 is 19.5 Å². The first-order chi connectivity index (χ1) is 17.9. The summed E-state index contributed by atoms with van der Waals surface area (Å²) in [5, 5.41) is 3.56. The van der Waals surface area contributed by atoms with Crippen LogP contribution in [0.1, 0.15) is 39.9 Å². The van der Waals surface area contributed by atoms with E-state index in [1.807, 2.05) is 79.7 Å². The van der Waals surface area contributed by atoms with Crippen LogP contribution < -0.4 is 10.0 Å². The molecular formula is C31H36ClN2O3RuS+3. The Morgan fingerprint density at radius 2 is 1.18 bits per heavy atom. The van der Waals surface area contributed by atoms with Crippen molar-refractivity contribution in [1.29, 1.82) is 0 Å². The average molecular weight is 653 g/mol. The first-order valence-corrected chi connectivity index (χ1v) is 14.0. The maximum absolute atomic E-state index is 13.5. The van der Waals surface area contributed by atoms with E-state index in [-0.39, 0.29) is 42.8 Å². The van der Waals surface area contributed by atoms with Gasteiger partial charge in [-0.05, 0) is 42.7 Å². The third kappa shape index (κ3) is 9.64. The van der Waals surface area contributed by atoms with Crippen molar-refractivity contribution in [2.45, 2.75) is 37.4 Å². The second-order valence-corrected chi connectivity index (χ2v) is 10.9. The van der Waals surface area contributed by atoms with Gasteiger partial charge in [0, 0.05) is 6.54 Å². The maximum Gasteiger partial charge on any atom is 2.00 e. The molecule has 0 heterocycles. The molecule has 0 fully saturated rings. The molecule has 4 aromatic rings. The monoisotopic (exact) mass is 653 g/mol. The third-order valence-corrected chi connectivity index (χ3v) is 7.72. The molecule has 0 aliphatic rings. The second-order valence-electron chi connectivity index (χ2n) is 9.20. The van der Waals surface area contributed by atoms with Crippen LogP contribution in [0.4, 0.5) is 0 Å². The quantitative estimate of drug-likeness (QED) is 0.160. The first kappa shape index (κ1) is 32.8. The van der Waals surface area contributed by atoms with Crippen LogP contribution in [0.3, 0.4) is 0 Å². The summed E-state index contributed by atoms with van der Waals surface area (Å²) in [5.41, 5.74) is 5.21. The minimum Gasteiger partial charge on any atom is -0.375 e. The van der Waals surface area contributed by atoms with Gasteiger partial charge in [0.1, 0.15) is 0 Å². The van der Waals surface area contributed by atoms with Gasteiger partial charge in [0.2, 0.25) is 10.0 Å². The number of sulfonamides is 1. The number of nitrogens with one attached hydrogen (secondary N) is 2. The van der Waals surface area contributed by atoms with E-state index in [9.17, 15) is 8.42 Å². The molecule has 4 rings (SSSR count). The second kappa shape index (κ2) is 16.0. The van der Waals surface area contributed by atoms with Crippen molar-refractivity contribution in [2.75, 3.05) is 13.2 Å². The predicted molar refractivity (Wildman–Crippen MR) is 151 cm³/mol. The number of hydrogen-bond acceptors (Lipinski definition) is 4. The third-order valence-electron chi connectivity index (χ3n) is 6.26. The number of benzene rings is 4. The Bertz CT molecular complexity index is 1350. The van der Waals surface area contributed by atoms with E-state index < -0.39 is 16.1 Å². The molecule has 8 heteroatoms. The minimum atomic E-state index is -3.77. The Hall–Kier alpha value is -2.38. The van der Waals surface area contributed by atoms with Crippen molar-refractivity contribution < 1.29 is 45.0 Å². The molecule has 0 radical (unpaired) electrons. The van der Waals surface area contributed by atoms with Gasteiger partial charge in [0.25, 0.3) is 0 Å². The molecule has 4 aromatic carbocycles. The van der Waals surface area contributed by atoms with E-state index in [0.29, 0.717) is 19.8 Å². The van der Waals surface area contributed by atoms with E-state index >= 15 is 0 Å². The summed E-state index contributed by atoms with van der Waals surface area (Å²) < 4.78 is 35.8. The van der Waals surface area contributed by atoms with Crippen molar-refractivity contribution in [1.82, 2.24) is 10.0 Å². The molecule has 0 aliphatic carbocycles. The summed E-state index contributed by atoms with van der Waals surface area (Å²) in [6.07, 6.45) is 0. The number of ether oxygens (including phenoxy) is 1. The standard InChI is InChI=1S/C31H34N2O3S.ClH2.Ru/c1-24-13-17-26(18-14-24)23-36-22-21-32-30(27-9-5-3-6-10-27)31(28-11-7-4-8-12-28)33-37(34,35)29-19-15-25(2)16-20-29;;/h3-20,30-33H,21-23H2,1-2H3;1H2;/q;+1;+2/t30-,31-;;/m1../s1. The van der Waals surface area contributed by atoms with Crippen molar-refractivity contribution in [3.8, 4) is 0 Å². The van der Waals surface area contributed by atoms with Crippen LogP contribution in [0, 0.1) is 26.3 Å². The maximum atomic E-state index is 13.5. The zero-order valence-corrected chi connectivity index (χ0v) is 25.6. The summed E-state index contributed by atoms with van der Waals surface area (Å²) >= 11 is 0. The van der Waals surface area contributed by atoms with Gasteiger partial charge in [-0.25, -0.2) is 13.1 Å². The fourth-order valence-electron chi connectivity index (χ4n) is 4.19. The van der Waals surface area contributed by atoms with Gasteiger partial charge in [-0.2, -0.15) is 0 Å². The summed E-state index contributed by atoms with van der Waals surface area (Å²) in [4.78, 5) is 0.243. The van der Waals surface area contributed by atoms with Gasteiger partial charge in [0.15, 0.2) is 0 Å². The van der Waals surface area contributed by atoms with Gasteiger partial charge in [-0.1, -0.05) is 108 Å². The number of hydrogen-bond donors (Lipinski definition) is 2. The molecule has 0 bridgehead atoms. The fourth-order valence-corrected chi connectivity index (χ4v) is 5.43. The van der Waals surface area contributed by atoms with Gasteiger partial charge in [-0.15, -0.1) is 0 Å². The van der Waals surface area contributed by atoms with Gasteiger partial charge in [-0.3, -0.25) is 0 Å². The van der Waals surface area contributed by atoms with Gasteiger partial charge in [0.05, 0.1) is 42.6 Å². The van der Waals surface area contributed by atoms with Crippen LogP contribution in [0.15, 0.2) is 114 Å². The molecule has 2 N–H and O–H groups in total. The molecule has 206 valence electrons. The zero-order valence-electron chi connectivity index (χ0n) is 22.1. The SMILES string of the molecule is Cc1ccc(COCCN[C@H](c2ccccc2)[C@H](NS(=O)(=O)c2ccc(C)cc2)c2ccccc2)cc1.[ClH2+].[Ru+2]. The molecule has 0 saturated heterocycles. The molecule has 0 saturated carbocycles. The number of aryl methyl sites for hydroxylation is 2. The van der Waals surface area contributed by atoms with Crippen molar-refractivity contribution >= 4 is 10.0 Å². The largest absolute Gasteiger partial charge is 2.00 e. The molecular weight excluding hydrogens is 617 g/mol. The summed E-state index contributed by atoms with van der Waals surface area (Å²) in [7, 11) is -3.77. The number of halogens is 1. The number of rotatable bonds is 12. The molecule has 5 nitrogen and oxygen atoms in total. The predicted octanol–water partition coefficient (Wildman–Crippen LogP) is 5.33. The molecule has 0 unspecified atom stereocenters. The fraction of sp³-hybridized carbons (Fsp3) is 0.226. The normalized spacial score (nSPS) is 12.6. The topological polar surface area (TPSA) is 67.4 Å². The molecule has 2 atom stereocenters. The first-order valence-electron chi connectivity index (χ1n) is 12.5. The van der Waals surface area contributed by atoms with Crippen molar-refractivity contribution in [3.63, 3.8) is 0 Å². The van der Waals surface area contributed by atoms with Crippen LogP contribution in [0.5, 0.6) is 0 Å². The van der Waals surface area contributed by atoms with Crippen LogP contribution in [-0.2, 0) is 40.8 Å². The van der Waals surface area contributed by atoms with E-state index in [4.69, 9.17) is 4.74 Å². The molecule has 0 aliphatic heterocycles. The molecule has 0 aromatic heterocycles. The minimum absolute atomic E-state index is 0. The molecule has 39 heavy (non-hydrogen) atoms. The zero-order chi connectivity index (χ0) is 26.1. The smallest absolute Gasteiger partial charge is 0.375 e. The van der Waals surface area contributed by atoms with Crippen molar-refractivity contribution in [3.05, 3.63) is 137 Å². The van der Waals surface area contributed by atoms with E-state index in [2.05, 4.69) is 41.2 Å².